The van der Waals surface area contributed by atoms with Crippen molar-refractivity contribution in [2.24, 2.45) is 0 Å². The molecule has 1 amide bonds. The molecule has 0 aliphatic carbocycles. The summed E-state index contributed by atoms with van der Waals surface area (Å²) in [6.07, 6.45) is 3.52. The summed E-state index contributed by atoms with van der Waals surface area (Å²) < 4.78 is 6.54. The van der Waals surface area contributed by atoms with Gasteiger partial charge in [-0.15, -0.1) is 11.3 Å². The molecule has 7 nitrogen and oxygen atoms in total. The van der Waals surface area contributed by atoms with Crippen molar-refractivity contribution < 1.29 is 9.53 Å². The minimum absolute atomic E-state index is 0.0574. The number of pyridine rings is 1. The quantitative estimate of drug-likeness (QED) is 0.729. The molecule has 0 aromatic carbocycles. The van der Waals surface area contributed by atoms with Crippen molar-refractivity contribution >= 4 is 33.3 Å². The van der Waals surface area contributed by atoms with Gasteiger partial charge in [0.05, 0.1) is 29.0 Å². The number of thiophene rings is 1. The van der Waals surface area contributed by atoms with Crippen molar-refractivity contribution in [1.29, 1.82) is 0 Å². The topological polar surface area (TPSA) is 80.2 Å². The first kappa shape index (κ1) is 18.8. The predicted molar refractivity (Wildman–Crippen MR) is 111 cm³/mol. The molecule has 0 saturated carbocycles. The van der Waals surface area contributed by atoms with Crippen LogP contribution in [0.2, 0.25) is 0 Å². The Morgan fingerprint density at radius 3 is 2.75 bits per heavy atom. The zero-order chi connectivity index (χ0) is 19.7. The predicted octanol–water partition coefficient (Wildman–Crippen LogP) is 2.96. The number of hydrogen-bond donors (Lipinski definition) is 1. The van der Waals surface area contributed by atoms with Gasteiger partial charge in [0.1, 0.15) is 0 Å². The average Bonchev–Trinajstić information content (AvgIpc) is 3.13. The molecule has 3 aromatic rings. The van der Waals surface area contributed by atoms with Gasteiger partial charge in [-0.25, -0.2) is 9.97 Å². The Balaban J connectivity index is 1.86. The first-order valence-electron chi connectivity index (χ1n) is 9.28. The standard InChI is InChI=1S/C20H23N5O2S/c1-13(26)24-20(2,3)16-11-15-17(28-16)19(25-7-9-27-10-8-25)23-18(22-15)14-5-4-6-21-12-14/h4-6,11-12H,7-10H2,1-3H3,(H,24,26). The third kappa shape index (κ3) is 3.70. The van der Waals surface area contributed by atoms with E-state index in [0.29, 0.717) is 19.0 Å². The summed E-state index contributed by atoms with van der Waals surface area (Å²) in [5.41, 5.74) is 1.29. The molecule has 1 aliphatic heterocycles. The Labute approximate surface area is 167 Å². The van der Waals surface area contributed by atoms with E-state index in [2.05, 4.69) is 21.3 Å². The van der Waals surface area contributed by atoms with Gasteiger partial charge < -0.3 is 15.0 Å². The minimum Gasteiger partial charge on any atom is -0.378 e. The molecule has 8 heteroatoms. The number of amides is 1. The van der Waals surface area contributed by atoms with Crippen molar-refractivity contribution in [2.75, 3.05) is 31.2 Å². The van der Waals surface area contributed by atoms with Crippen LogP contribution < -0.4 is 10.2 Å². The number of rotatable bonds is 4. The monoisotopic (exact) mass is 397 g/mol. The number of fused-ring (bicyclic) bond motifs is 1. The second-order valence-electron chi connectivity index (χ2n) is 7.34. The molecule has 1 fully saturated rings. The molecule has 0 spiro atoms. The highest BCUT2D eigenvalue weighted by atomic mass is 32.1. The van der Waals surface area contributed by atoms with Crippen LogP contribution in [0.5, 0.6) is 0 Å². The summed E-state index contributed by atoms with van der Waals surface area (Å²) >= 11 is 1.63. The van der Waals surface area contributed by atoms with Crippen LogP contribution in [-0.2, 0) is 15.1 Å². The van der Waals surface area contributed by atoms with Crippen LogP contribution in [-0.4, -0.2) is 47.2 Å². The maximum absolute atomic E-state index is 11.6. The second-order valence-corrected chi connectivity index (χ2v) is 8.40. The Bertz CT molecular complexity index is 997. The van der Waals surface area contributed by atoms with E-state index in [1.165, 1.54) is 6.92 Å². The van der Waals surface area contributed by atoms with Gasteiger partial charge >= 0.3 is 0 Å². The van der Waals surface area contributed by atoms with Crippen molar-refractivity contribution in [1.82, 2.24) is 20.3 Å². The number of anilines is 1. The number of hydrogen-bond acceptors (Lipinski definition) is 7. The number of aromatic nitrogens is 3. The molecule has 0 atom stereocenters. The second kappa shape index (κ2) is 7.44. The van der Waals surface area contributed by atoms with Crippen molar-refractivity contribution in [3.8, 4) is 11.4 Å². The maximum Gasteiger partial charge on any atom is 0.217 e. The molecule has 0 unspecified atom stereocenters. The van der Waals surface area contributed by atoms with E-state index in [-0.39, 0.29) is 5.91 Å². The van der Waals surface area contributed by atoms with E-state index in [1.54, 1.807) is 23.7 Å². The van der Waals surface area contributed by atoms with Gasteiger partial charge in [0.15, 0.2) is 11.6 Å². The highest BCUT2D eigenvalue weighted by Crippen LogP contribution is 2.38. The minimum atomic E-state index is -0.478. The Kier molecular flexibility index (Phi) is 4.99. The van der Waals surface area contributed by atoms with Crippen molar-refractivity contribution in [3.63, 3.8) is 0 Å². The van der Waals surface area contributed by atoms with Gasteiger partial charge in [0.2, 0.25) is 5.91 Å². The van der Waals surface area contributed by atoms with Crippen LogP contribution in [0.3, 0.4) is 0 Å². The van der Waals surface area contributed by atoms with Crippen LogP contribution in [0.15, 0.2) is 30.6 Å². The molecule has 0 bridgehead atoms. The number of morpholine rings is 1. The summed E-state index contributed by atoms with van der Waals surface area (Å²) in [6.45, 7) is 8.50. The summed E-state index contributed by atoms with van der Waals surface area (Å²) in [6, 6.07) is 5.91. The normalized spacial score (nSPS) is 15.0. The van der Waals surface area contributed by atoms with Gasteiger partial charge in [-0.1, -0.05) is 0 Å². The fraction of sp³-hybridized carbons (Fsp3) is 0.400. The number of nitrogens with one attached hydrogen (secondary N) is 1. The molecule has 0 radical (unpaired) electrons. The lowest BCUT2D eigenvalue weighted by molar-refractivity contribution is -0.120. The highest BCUT2D eigenvalue weighted by molar-refractivity contribution is 7.19. The Morgan fingerprint density at radius 1 is 1.29 bits per heavy atom. The number of carbonyl (C=O) groups is 1. The fourth-order valence-corrected chi connectivity index (χ4v) is 4.51. The maximum atomic E-state index is 11.6. The number of ether oxygens (including phenoxy) is 1. The van der Waals surface area contributed by atoms with Crippen LogP contribution in [0.25, 0.3) is 21.6 Å². The molecule has 28 heavy (non-hydrogen) atoms. The molecule has 146 valence electrons. The first-order chi connectivity index (χ1) is 13.4. The Hall–Kier alpha value is -2.58. The van der Waals surface area contributed by atoms with E-state index >= 15 is 0 Å². The van der Waals surface area contributed by atoms with Crippen molar-refractivity contribution in [3.05, 3.63) is 35.5 Å². The van der Waals surface area contributed by atoms with E-state index in [4.69, 9.17) is 14.7 Å². The van der Waals surface area contributed by atoms with Crippen LogP contribution in [0, 0.1) is 0 Å². The van der Waals surface area contributed by atoms with Crippen molar-refractivity contribution in [2.45, 2.75) is 26.3 Å². The lowest BCUT2D eigenvalue weighted by atomic mass is 10.0. The zero-order valence-electron chi connectivity index (χ0n) is 16.2. The third-order valence-corrected chi connectivity index (χ3v) is 6.13. The molecular formula is C20H23N5O2S. The zero-order valence-corrected chi connectivity index (χ0v) is 17.0. The lowest BCUT2D eigenvalue weighted by Crippen LogP contribution is -2.38. The van der Waals surface area contributed by atoms with Gasteiger partial charge in [-0.3, -0.25) is 9.78 Å². The van der Waals surface area contributed by atoms with Crippen LogP contribution in [0.4, 0.5) is 5.82 Å². The number of carbonyl (C=O) groups excluding carboxylic acids is 1. The first-order valence-corrected chi connectivity index (χ1v) is 10.1. The van der Waals surface area contributed by atoms with Gasteiger partial charge in [0.25, 0.3) is 0 Å². The molecule has 1 aliphatic rings. The highest BCUT2D eigenvalue weighted by Gasteiger charge is 2.27. The third-order valence-electron chi connectivity index (χ3n) is 4.69. The summed E-state index contributed by atoms with van der Waals surface area (Å²) in [7, 11) is 0. The van der Waals surface area contributed by atoms with Crippen LogP contribution >= 0.6 is 11.3 Å². The van der Waals surface area contributed by atoms with Gasteiger partial charge in [0, 0.05) is 42.8 Å². The smallest absolute Gasteiger partial charge is 0.217 e. The van der Waals surface area contributed by atoms with Gasteiger partial charge in [-0.2, -0.15) is 0 Å². The molecule has 3 aromatic heterocycles. The molecule has 1 N–H and O–H groups in total. The fourth-order valence-electron chi connectivity index (χ4n) is 3.34. The summed E-state index contributed by atoms with van der Waals surface area (Å²) in [5, 5.41) is 3.02. The van der Waals surface area contributed by atoms with E-state index in [0.717, 1.165) is 39.6 Å². The molecule has 4 heterocycles. The van der Waals surface area contributed by atoms with E-state index in [1.807, 2.05) is 26.0 Å². The summed E-state index contributed by atoms with van der Waals surface area (Å²) in [4.78, 5) is 28.8. The van der Waals surface area contributed by atoms with E-state index < -0.39 is 5.54 Å². The van der Waals surface area contributed by atoms with Gasteiger partial charge in [-0.05, 0) is 32.0 Å². The lowest BCUT2D eigenvalue weighted by Gasteiger charge is -2.28. The molecule has 4 rings (SSSR count). The molecular weight excluding hydrogens is 374 g/mol. The Morgan fingerprint density at radius 2 is 2.07 bits per heavy atom. The molecule has 1 saturated heterocycles. The largest absolute Gasteiger partial charge is 0.378 e. The van der Waals surface area contributed by atoms with Crippen LogP contribution in [0.1, 0.15) is 25.6 Å². The average molecular weight is 398 g/mol. The summed E-state index contributed by atoms with van der Waals surface area (Å²) in [5.74, 6) is 1.52. The van der Waals surface area contributed by atoms with E-state index in [9.17, 15) is 4.79 Å². The SMILES string of the molecule is CC(=O)NC(C)(C)c1cc2nc(-c3cccnc3)nc(N3CCOCC3)c2s1. The number of nitrogens with zero attached hydrogens (tertiary/aromatic N) is 4.